The van der Waals surface area contributed by atoms with Crippen molar-refractivity contribution in [1.82, 2.24) is 0 Å². The van der Waals surface area contributed by atoms with E-state index < -0.39 is 10.0 Å². The molecule has 0 aliphatic rings. The molecule has 0 heterocycles. The first-order valence-electron chi connectivity index (χ1n) is 8.98. The molecule has 0 amide bonds. The molecule has 0 saturated carbocycles. The summed E-state index contributed by atoms with van der Waals surface area (Å²) < 4.78 is 27.4. The number of sulfonamides is 1. The monoisotopic (exact) mass is 380 g/mol. The molecule has 4 nitrogen and oxygen atoms in total. The summed E-state index contributed by atoms with van der Waals surface area (Å²) in [6, 6.07) is 24.4. The maximum Gasteiger partial charge on any atom is 0.264 e. The third-order valence-electron chi connectivity index (χ3n) is 4.39. The molecule has 5 heteroatoms. The van der Waals surface area contributed by atoms with Gasteiger partial charge in [0.1, 0.15) is 0 Å². The van der Waals surface area contributed by atoms with Gasteiger partial charge in [0.05, 0.1) is 10.6 Å². The van der Waals surface area contributed by atoms with Gasteiger partial charge in [-0.05, 0) is 55.8 Å². The van der Waals surface area contributed by atoms with Gasteiger partial charge in [0, 0.05) is 18.8 Å². The number of hydrogen-bond donors (Lipinski definition) is 1. The Hall–Kier alpha value is -2.79. The number of aryl methyl sites for hydroxylation is 1. The molecule has 0 saturated heterocycles. The van der Waals surface area contributed by atoms with Crippen molar-refractivity contribution in [2.75, 3.05) is 16.2 Å². The summed E-state index contributed by atoms with van der Waals surface area (Å²) in [5, 5.41) is 3.33. The summed E-state index contributed by atoms with van der Waals surface area (Å²) in [4.78, 5) is 0.286. The Balaban J connectivity index is 1.74. The Bertz CT molecular complexity index is 967. The zero-order valence-electron chi connectivity index (χ0n) is 15.6. The minimum absolute atomic E-state index is 0.286. The summed E-state index contributed by atoms with van der Waals surface area (Å²) >= 11 is 0. The molecular weight excluding hydrogens is 356 g/mol. The second-order valence-corrected chi connectivity index (χ2v) is 8.23. The zero-order valence-corrected chi connectivity index (χ0v) is 16.4. The average molecular weight is 381 g/mol. The molecule has 0 atom stereocenters. The first-order valence-corrected chi connectivity index (χ1v) is 10.4. The van der Waals surface area contributed by atoms with Gasteiger partial charge in [-0.2, -0.15) is 0 Å². The molecule has 3 aromatic rings. The maximum atomic E-state index is 13.0. The quantitative estimate of drug-likeness (QED) is 0.639. The maximum absolute atomic E-state index is 13.0. The van der Waals surface area contributed by atoms with Gasteiger partial charge in [-0.3, -0.25) is 4.31 Å². The zero-order chi connectivity index (χ0) is 19.3. The topological polar surface area (TPSA) is 49.4 Å². The van der Waals surface area contributed by atoms with E-state index in [4.69, 9.17) is 0 Å². The van der Waals surface area contributed by atoms with Crippen LogP contribution >= 0.6 is 0 Å². The lowest BCUT2D eigenvalue weighted by Gasteiger charge is -2.23. The van der Waals surface area contributed by atoms with Crippen molar-refractivity contribution in [3.63, 3.8) is 0 Å². The normalized spacial score (nSPS) is 11.2. The van der Waals surface area contributed by atoms with Crippen LogP contribution in [0.4, 0.5) is 11.4 Å². The van der Waals surface area contributed by atoms with Crippen LogP contribution in [0, 0.1) is 6.92 Å². The average Bonchev–Trinajstić information content (AvgIpc) is 2.69. The van der Waals surface area contributed by atoms with Gasteiger partial charge in [-0.15, -0.1) is 0 Å². The second-order valence-electron chi connectivity index (χ2n) is 6.37. The molecule has 27 heavy (non-hydrogen) atoms. The molecule has 0 fully saturated rings. The summed E-state index contributed by atoms with van der Waals surface area (Å²) in [6.07, 6.45) is 0. The van der Waals surface area contributed by atoms with Crippen LogP contribution in [0.2, 0.25) is 0 Å². The standard InChI is InChI=1S/C22H24N2O2S/c1-3-24(21-7-5-4-6-8-21)27(25,26)22-15-13-20(14-16-22)23-17-19-11-9-18(2)10-12-19/h4-16,23H,3,17H2,1-2H3. The van der Waals surface area contributed by atoms with Crippen LogP contribution in [0.15, 0.2) is 83.8 Å². The largest absolute Gasteiger partial charge is 0.381 e. The van der Waals surface area contributed by atoms with Crippen LogP contribution in [0.5, 0.6) is 0 Å². The van der Waals surface area contributed by atoms with E-state index in [1.54, 1.807) is 36.4 Å². The number of hydrogen-bond acceptors (Lipinski definition) is 3. The van der Waals surface area contributed by atoms with E-state index in [0.29, 0.717) is 18.8 Å². The van der Waals surface area contributed by atoms with Crippen LogP contribution in [-0.2, 0) is 16.6 Å². The SMILES string of the molecule is CCN(c1ccccc1)S(=O)(=O)c1ccc(NCc2ccc(C)cc2)cc1. The molecule has 0 aliphatic heterocycles. The van der Waals surface area contributed by atoms with E-state index >= 15 is 0 Å². The molecule has 0 aromatic heterocycles. The van der Waals surface area contributed by atoms with Gasteiger partial charge in [0.25, 0.3) is 10.0 Å². The van der Waals surface area contributed by atoms with Crippen LogP contribution in [0.3, 0.4) is 0 Å². The number of para-hydroxylation sites is 1. The third kappa shape index (κ3) is 4.49. The highest BCUT2D eigenvalue weighted by Crippen LogP contribution is 2.24. The molecule has 0 unspecified atom stereocenters. The fourth-order valence-corrected chi connectivity index (χ4v) is 4.34. The van der Waals surface area contributed by atoms with Crippen LogP contribution in [0.1, 0.15) is 18.1 Å². The number of benzene rings is 3. The first kappa shape index (κ1) is 19.0. The Morgan fingerprint density at radius 3 is 2.07 bits per heavy atom. The van der Waals surface area contributed by atoms with E-state index in [-0.39, 0.29) is 4.90 Å². The summed E-state index contributed by atoms with van der Waals surface area (Å²) in [5.74, 6) is 0. The van der Waals surface area contributed by atoms with Gasteiger partial charge >= 0.3 is 0 Å². The van der Waals surface area contributed by atoms with Crippen LogP contribution < -0.4 is 9.62 Å². The molecule has 0 aliphatic carbocycles. The lowest BCUT2D eigenvalue weighted by Crippen LogP contribution is -2.30. The second kappa shape index (κ2) is 8.27. The molecule has 3 rings (SSSR count). The number of nitrogens with zero attached hydrogens (tertiary/aromatic N) is 1. The fraction of sp³-hybridized carbons (Fsp3) is 0.182. The van der Waals surface area contributed by atoms with Crippen molar-refractivity contribution in [2.45, 2.75) is 25.3 Å². The minimum Gasteiger partial charge on any atom is -0.381 e. The van der Waals surface area contributed by atoms with Gasteiger partial charge in [0.15, 0.2) is 0 Å². The Labute approximate surface area is 161 Å². The minimum atomic E-state index is -3.59. The number of anilines is 2. The van der Waals surface area contributed by atoms with Gasteiger partial charge in [-0.1, -0.05) is 48.0 Å². The lowest BCUT2D eigenvalue weighted by molar-refractivity contribution is 0.592. The van der Waals surface area contributed by atoms with Crippen molar-refractivity contribution in [2.24, 2.45) is 0 Å². The van der Waals surface area contributed by atoms with E-state index in [0.717, 1.165) is 5.69 Å². The van der Waals surface area contributed by atoms with E-state index in [1.807, 2.05) is 25.1 Å². The molecule has 1 N–H and O–H groups in total. The molecule has 0 spiro atoms. The highest BCUT2D eigenvalue weighted by Gasteiger charge is 2.23. The smallest absolute Gasteiger partial charge is 0.264 e. The van der Waals surface area contributed by atoms with Crippen molar-refractivity contribution >= 4 is 21.4 Å². The van der Waals surface area contributed by atoms with Gasteiger partial charge in [-0.25, -0.2) is 8.42 Å². The predicted octanol–water partition coefficient (Wildman–Crippen LogP) is 4.82. The lowest BCUT2D eigenvalue weighted by atomic mass is 10.1. The summed E-state index contributed by atoms with van der Waals surface area (Å²) in [5.41, 5.74) is 3.96. The molecule has 140 valence electrons. The van der Waals surface area contributed by atoms with Crippen LogP contribution in [0.25, 0.3) is 0 Å². The number of nitrogens with one attached hydrogen (secondary N) is 1. The van der Waals surface area contributed by atoms with Crippen molar-refractivity contribution in [3.8, 4) is 0 Å². The number of rotatable bonds is 7. The third-order valence-corrected chi connectivity index (χ3v) is 6.31. The van der Waals surface area contributed by atoms with Crippen molar-refractivity contribution in [1.29, 1.82) is 0 Å². The predicted molar refractivity (Wildman–Crippen MR) is 112 cm³/mol. The summed E-state index contributed by atoms with van der Waals surface area (Å²) in [7, 11) is -3.59. The Kier molecular flexibility index (Phi) is 5.81. The Morgan fingerprint density at radius 1 is 0.852 bits per heavy atom. The van der Waals surface area contributed by atoms with Crippen molar-refractivity contribution < 1.29 is 8.42 Å². The highest BCUT2D eigenvalue weighted by molar-refractivity contribution is 7.92. The van der Waals surface area contributed by atoms with Gasteiger partial charge in [0.2, 0.25) is 0 Å². The van der Waals surface area contributed by atoms with Crippen molar-refractivity contribution in [3.05, 3.63) is 90.0 Å². The molecule has 0 bridgehead atoms. The summed E-state index contributed by atoms with van der Waals surface area (Å²) in [6.45, 7) is 4.96. The first-order chi connectivity index (χ1) is 13.0. The van der Waals surface area contributed by atoms with E-state index in [2.05, 4.69) is 36.5 Å². The van der Waals surface area contributed by atoms with E-state index in [1.165, 1.54) is 15.4 Å². The van der Waals surface area contributed by atoms with E-state index in [9.17, 15) is 8.42 Å². The Morgan fingerprint density at radius 2 is 1.48 bits per heavy atom. The molecule has 3 aromatic carbocycles. The van der Waals surface area contributed by atoms with Gasteiger partial charge < -0.3 is 5.32 Å². The molecule has 0 radical (unpaired) electrons. The fourth-order valence-electron chi connectivity index (χ4n) is 2.87. The molecular formula is C22H24N2O2S. The van der Waals surface area contributed by atoms with Crippen LogP contribution in [-0.4, -0.2) is 15.0 Å². The highest BCUT2D eigenvalue weighted by atomic mass is 32.2.